The van der Waals surface area contributed by atoms with E-state index >= 15 is 0 Å². The van der Waals surface area contributed by atoms with E-state index in [4.69, 9.17) is 5.11 Å². The minimum atomic E-state index is -1.04. The maximum Gasteiger partial charge on any atom is 0.358 e. The van der Waals surface area contributed by atoms with E-state index in [9.17, 15) is 4.79 Å². The molecule has 106 valence electrons. The maximum absolute atomic E-state index is 10.7. The van der Waals surface area contributed by atoms with E-state index in [0.29, 0.717) is 6.54 Å². The average Bonchev–Trinajstić information content (AvgIpc) is 2.79. The summed E-state index contributed by atoms with van der Waals surface area (Å²) in [5.41, 5.74) is 0.172. The quantitative estimate of drug-likeness (QED) is 0.828. The first-order valence-electron chi connectivity index (χ1n) is 6.45. The van der Waals surface area contributed by atoms with Crippen LogP contribution in [0, 0.1) is 0 Å². The van der Waals surface area contributed by atoms with Crippen LogP contribution in [0.1, 0.15) is 24.3 Å². The van der Waals surface area contributed by atoms with E-state index < -0.39 is 5.97 Å². The standard InChI is InChI=1S/C12H21N5O2/c1-12(2)9-16(5-4-15(12)3)6-7-17-8-10(11(18)19)13-14-17/h8H,4-7,9H2,1-3H3,(H,18,19). The Labute approximate surface area is 112 Å². The van der Waals surface area contributed by atoms with Crippen LogP contribution in [0.5, 0.6) is 0 Å². The number of aromatic carboxylic acids is 1. The molecule has 0 saturated carbocycles. The third-order valence-corrected chi connectivity index (χ3v) is 3.80. The van der Waals surface area contributed by atoms with Crippen LogP contribution < -0.4 is 0 Å². The number of hydrogen-bond acceptors (Lipinski definition) is 5. The molecule has 0 spiro atoms. The van der Waals surface area contributed by atoms with Gasteiger partial charge in [0.1, 0.15) is 0 Å². The van der Waals surface area contributed by atoms with Crippen molar-refractivity contribution in [2.75, 3.05) is 33.2 Å². The lowest BCUT2D eigenvalue weighted by Crippen LogP contribution is -2.57. The topological polar surface area (TPSA) is 74.5 Å². The zero-order valence-electron chi connectivity index (χ0n) is 11.7. The molecule has 7 nitrogen and oxygen atoms in total. The number of nitrogens with zero attached hydrogens (tertiary/aromatic N) is 5. The number of piperazine rings is 1. The number of likely N-dealkylation sites (N-methyl/N-ethyl adjacent to an activating group) is 1. The fourth-order valence-corrected chi connectivity index (χ4v) is 2.28. The molecule has 0 atom stereocenters. The van der Waals surface area contributed by atoms with E-state index in [2.05, 4.69) is 41.0 Å². The molecule has 1 N–H and O–H groups in total. The summed E-state index contributed by atoms with van der Waals surface area (Å²) in [6, 6.07) is 0. The average molecular weight is 267 g/mol. The summed E-state index contributed by atoms with van der Waals surface area (Å²) in [6.07, 6.45) is 1.48. The summed E-state index contributed by atoms with van der Waals surface area (Å²) in [7, 11) is 2.15. The summed E-state index contributed by atoms with van der Waals surface area (Å²) in [6.45, 7) is 9.07. The highest BCUT2D eigenvalue weighted by Gasteiger charge is 2.30. The van der Waals surface area contributed by atoms with Gasteiger partial charge in [0, 0.05) is 31.7 Å². The van der Waals surface area contributed by atoms with Crippen molar-refractivity contribution in [1.82, 2.24) is 24.8 Å². The lowest BCUT2D eigenvalue weighted by Gasteiger charge is -2.45. The van der Waals surface area contributed by atoms with Crippen LogP contribution in [0.3, 0.4) is 0 Å². The van der Waals surface area contributed by atoms with Gasteiger partial charge in [-0.2, -0.15) is 0 Å². The number of carboxylic acid groups (broad SMARTS) is 1. The number of aromatic nitrogens is 3. The van der Waals surface area contributed by atoms with E-state index in [-0.39, 0.29) is 11.2 Å². The molecule has 0 radical (unpaired) electrons. The van der Waals surface area contributed by atoms with E-state index in [1.165, 1.54) is 6.20 Å². The molecule has 2 rings (SSSR count). The van der Waals surface area contributed by atoms with Crippen LogP contribution in [0.15, 0.2) is 6.20 Å². The second-order valence-corrected chi connectivity index (χ2v) is 5.68. The highest BCUT2D eigenvalue weighted by molar-refractivity contribution is 5.84. The molecular formula is C12H21N5O2. The van der Waals surface area contributed by atoms with Gasteiger partial charge in [-0.15, -0.1) is 5.10 Å². The zero-order valence-corrected chi connectivity index (χ0v) is 11.7. The molecular weight excluding hydrogens is 246 g/mol. The van der Waals surface area contributed by atoms with Crippen molar-refractivity contribution >= 4 is 5.97 Å². The van der Waals surface area contributed by atoms with Crippen molar-refractivity contribution in [3.05, 3.63) is 11.9 Å². The van der Waals surface area contributed by atoms with Crippen molar-refractivity contribution in [2.45, 2.75) is 25.9 Å². The number of rotatable bonds is 4. The normalized spacial score (nSPS) is 20.6. The van der Waals surface area contributed by atoms with E-state index in [0.717, 1.165) is 26.2 Å². The Kier molecular flexibility index (Phi) is 3.86. The molecule has 1 fully saturated rings. The van der Waals surface area contributed by atoms with Gasteiger partial charge in [-0.3, -0.25) is 14.5 Å². The summed E-state index contributed by atoms with van der Waals surface area (Å²) in [5, 5.41) is 16.2. The summed E-state index contributed by atoms with van der Waals surface area (Å²) in [4.78, 5) is 15.4. The summed E-state index contributed by atoms with van der Waals surface area (Å²) < 4.78 is 1.59. The van der Waals surface area contributed by atoms with Crippen LogP contribution in [0.2, 0.25) is 0 Å². The first kappa shape index (κ1) is 14.0. The second kappa shape index (κ2) is 5.26. The number of carboxylic acids is 1. The Bertz CT molecular complexity index is 457. The van der Waals surface area contributed by atoms with Gasteiger partial charge < -0.3 is 5.11 Å². The summed E-state index contributed by atoms with van der Waals surface area (Å²) in [5.74, 6) is -1.04. The lowest BCUT2D eigenvalue weighted by molar-refractivity contribution is 0.0379. The molecule has 0 aromatic carbocycles. The van der Waals surface area contributed by atoms with Crippen LogP contribution in [-0.4, -0.2) is 74.6 Å². The van der Waals surface area contributed by atoms with Crippen LogP contribution in [-0.2, 0) is 6.54 Å². The van der Waals surface area contributed by atoms with Gasteiger partial charge in [-0.05, 0) is 20.9 Å². The van der Waals surface area contributed by atoms with Crippen molar-refractivity contribution in [2.24, 2.45) is 0 Å². The molecule has 19 heavy (non-hydrogen) atoms. The fraction of sp³-hybridized carbons (Fsp3) is 0.750. The van der Waals surface area contributed by atoms with Crippen molar-refractivity contribution in [3.63, 3.8) is 0 Å². The number of hydrogen-bond donors (Lipinski definition) is 1. The molecule has 1 saturated heterocycles. The predicted molar refractivity (Wildman–Crippen MR) is 70.1 cm³/mol. The highest BCUT2D eigenvalue weighted by atomic mass is 16.4. The molecule has 1 aromatic rings. The molecule has 0 unspecified atom stereocenters. The smallest absolute Gasteiger partial charge is 0.358 e. The summed E-state index contributed by atoms with van der Waals surface area (Å²) >= 11 is 0. The SMILES string of the molecule is CN1CCN(CCn2cc(C(=O)O)nn2)CC1(C)C. The highest BCUT2D eigenvalue weighted by Crippen LogP contribution is 2.18. The molecule has 1 aliphatic heterocycles. The Morgan fingerprint density at radius 1 is 1.42 bits per heavy atom. The van der Waals surface area contributed by atoms with Crippen LogP contribution >= 0.6 is 0 Å². The third kappa shape index (κ3) is 3.30. The zero-order chi connectivity index (χ0) is 14.0. The molecule has 0 amide bonds. The second-order valence-electron chi connectivity index (χ2n) is 5.68. The Morgan fingerprint density at radius 2 is 2.16 bits per heavy atom. The van der Waals surface area contributed by atoms with Crippen molar-refractivity contribution < 1.29 is 9.90 Å². The van der Waals surface area contributed by atoms with Gasteiger partial charge in [0.15, 0.2) is 5.69 Å². The van der Waals surface area contributed by atoms with Crippen molar-refractivity contribution in [3.8, 4) is 0 Å². The predicted octanol–water partition coefficient (Wildman–Crippen LogP) is 0.00230. The number of carbonyl (C=O) groups is 1. The molecule has 0 bridgehead atoms. The van der Waals surface area contributed by atoms with Gasteiger partial charge in [0.05, 0.1) is 12.7 Å². The van der Waals surface area contributed by atoms with Gasteiger partial charge in [0.25, 0.3) is 0 Å². The van der Waals surface area contributed by atoms with Gasteiger partial charge in [-0.25, -0.2) is 4.79 Å². The largest absolute Gasteiger partial charge is 0.476 e. The van der Waals surface area contributed by atoms with Gasteiger partial charge in [0.2, 0.25) is 0 Å². The molecule has 1 aliphatic rings. The third-order valence-electron chi connectivity index (χ3n) is 3.80. The molecule has 2 heterocycles. The molecule has 1 aromatic heterocycles. The maximum atomic E-state index is 10.7. The fourth-order valence-electron chi connectivity index (χ4n) is 2.28. The molecule has 7 heteroatoms. The molecule has 0 aliphatic carbocycles. The van der Waals surface area contributed by atoms with Crippen LogP contribution in [0.25, 0.3) is 0 Å². The minimum absolute atomic E-state index is 0.00120. The first-order valence-corrected chi connectivity index (χ1v) is 6.45. The van der Waals surface area contributed by atoms with Gasteiger partial charge in [-0.1, -0.05) is 5.21 Å². The lowest BCUT2D eigenvalue weighted by atomic mass is 10.00. The van der Waals surface area contributed by atoms with Crippen LogP contribution in [0.4, 0.5) is 0 Å². The monoisotopic (exact) mass is 267 g/mol. The Balaban J connectivity index is 1.87. The van der Waals surface area contributed by atoms with E-state index in [1.807, 2.05) is 0 Å². The minimum Gasteiger partial charge on any atom is -0.476 e. The Hall–Kier alpha value is -1.47. The first-order chi connectivity index (χ1) is 8.88. The Morgan fingerprint density at radius 3 is 2.74 bits per heavy atom. The van der Waals surface area contributed by atoms with Crippen molar-refractivity contribution in [1.29, 1.82) is 0 Å². The van der Waals surface area contributed by atoms with Gasteiger partial charge >= 0.3 is 5.97 Å². The van der Waals surface area contributed by atoms with E-state index in [1.54, 1.807) is 4.68 Å².